The van der Waals surface area contributed by atoms with Crippen LogP contribution in [-0.2, 0) is 11.3 Å². The van der Waals surface area contributed by atoms with Gasteiger partial charge in [0.2, 0.25) is 5.91 Å². The van der Waals surface area contributed by atoms with Crippen LogP contribution in [0, 0.1) is 0 Å². The van der Waals surface area contributed by atoms with Crippen LogP contribution in [0.4, 0.5) is 0 Å². The molecule has 0 atom stereocenters. The minimum absolute atomic E-state index is 0.0204. The molecule has 7 heteroatoms. The molecule has 0 aromatic carbocycles. The van der Waals surface area contributed by atoms with Crippen LogP contribution in [-0.4, -0.2) is 47.8 Å². The first kappa shape index (κ1) is 16.0. The maximum atomic E-state index is 10.7. The highest BCUT2D eigenvalue weighted by Gasteiger charge is 1.97. The smallest absolute Gasteiger partial charge is 0.216 e. The van der Waals surface area contributed by atoms with Crippen molar-refractivity contribution in [3.63, 3.8) is 0 Å². The zero-order chi connectivity index (χ0) is 14.6. The number of nitrogens with zero attached hydrogens (tertiary/aromatic N) is 3. The molecule has 1 amide bonds. The molecule has 20 heavy (non-hydrogen) atoms. The minimum atomic E-state index is -0.0204. The lowest BCUT2D eigenvalue weighted by atomic mass is 10.4. The third kappa shape index (κ3) is 7.40. The average Bonchev–Trinajstić information content (AvgIpc) is 2.92. The maximum absolute atomic E-state index is 10.7. The number of aromatic nitrogens is 2. The third-order valence-electron chi connectivity index (χ3n) is 2.51. The molecule has 1 rings (SSSR count). The Morgan fingerprint density at radius 2 is 2.10 bits per heavy atom. The van der Waals surface area contributed by atoms with Gasteiger partial charge in [-0.25, -0.2) is 0 Å². The summed E-state index contributed by atoms with van der Waals surface area (Å²) >= 11 is 0. The lowest BCUT2D eigenvalue weighted by Crippen LogP contribution is -2.41. The molecular formula is C13H24N6O. The van der Waals surface area contributed by atoms with Gasteiger partial charge >= 0.3 is 0 Å². The van der Waals surface area contributed by atoms with Crippen molar-refractivity contribution in [3.05, 3.63) is 18.5 Å². The van der Waals surface area contributed by atoms with Crippen molar-refractivity contribution in [3.8, 4) is 0 Å². The van der Waals surface area contributed by atoms with Gasteiger partial charge in [0, 0.05) is 52.0 Å². The number of hydrogen-bond donors (Lipinski definition) is 3. The highest BCUT2D eigenvalue weighted by atomic mass is 16.1. The number of amides is 1. The van der Waals surface area contributed by atoms with Crippen LogP contribution in [0.3, 0.4) is 0 Å². The fraction of sp³-hybridized carbons (Fsp3) is 0.615. The number of aryl methyl sites for hydroxylation is 1. The second kappa shape index (κ2) is 9.82. The van der Waals surface area contributed by atoms with Crippen LogP contribution in [0.5, 0.6) is 0 Å². The Balaban J connectivity index is 2.21. The first-order valence-corrected chi connectivity index (χ1v) is 6.96. The Morgan fingerprint density at radius 1 is 1.30 bits per heavy atom. The number of hydrogen-bond acceptors (Lipinski definition) is 3. The van der Waals surface area contributed by atoms with Gasteiger partial charge in [-0.3, -0.25) is 14.5 Å². The Kier molecular flexibility index (Phi) is 7.86. The van der Waals surface area contributed by atoms with Crippen LogP contribution >= 0.6 is 0 Å². The van der Waals surface area contributed by atoms with E-state index in [0.29, 0.717) is 13.1 Å². The average molecular weight is 280 g/mol. The fourth-order valence-corrected chi connectivity index (χ4v) is 1.62. The van der Waals surface area contributed by atoms with Crippen LogP contribution in [0.15, 0.2) is 23.5 Å². The van der Waals surface area contributed by atoms with Crippen LogP contribution in [0.2, 0.25) is 0 Å². The second-order valence-electron chi connectivity index (χ2n) is 4.29. The maximum Gasteiger partial charge on any atom is 0.216 e. The Labute approximate surface area is 119 Å². The third-order valence-corrected chi connectivity index (χ3v) is 2.51. The van der Waals surface area contributed by atoms with E-state index in [1.165, 1.54) is 6.92 Å². The molecule has 0 saturated heterocycles. The SMILES string of the molecule is CCNC(=NCCCn1cccn1)NCCNC(C)=O. The molecule has 0 fully saturated rings. The molecule has 1 aromatic rings. The molecule has 1 aromatic heterocycles. The number of nitrogens with one attached hydrogen (secondary N) is 3. The molecule has 1 heterocycles. The predicted molar refractivity (Wildman–Crippen MR) is 79.5 cm³/mol. The second-order valence-corrected chi connectivity index (χ2v) is 4.29. The summed E-state index contributed by atoms with van der Waals surface area (Å²) in [6, 6.07) is 1.91. The summed E-state index contributed by atoms with van der Waals surface area (Å²) in [5.74, 6) is 0.756. The molecule has 0 unspecified atom stereocenters. The minimum Gasteiger partial charge on any atom is -0.357 e. The van der Waals surface area contributed by atoms with E-state index in [9.17, 15) is 4.79 Å². The predicted octanol–water partition coefficient (Wildman–Crippen LogP) is -0.0356. The van der Waals surface area contributed by atoms with Gasteiger partial charge in [0.05, 0.1) is 0 Å². The van der Waals surface area contributed by atoms with Crippen molar-refractivity contribution in [1.82, 2.24) is 25.7 Å². The van der Waals surface area contributed by atoms with Gasteiger partial charge in [-0.2, -0.15) is 5.10 Å². The zero-order valence-corrected chi connectivity index (χ0v) is 12.2. The summed E-state index contributed by atoms with van der Waals surface area (Å²) in [5.41, 5.74) is 0. The zero-order valence-electron chi connectivity index (χ0n) is 12.2. The van der Waals surface area contributed by atoms with Gasteiger partial charge < -0.3 is 16.0 Å². The summed E-state index contributed by atoms with van der Waals surface area (Å²) < 4.78 is 1.90. The van der Waals surface area contributed by atoms with Crippen molar-refractivity contribution in [2.45, 2.75) is 26.8 Å². The van der Waals surface area contributed by atoms with E-state index < -0.39 is 0 Å². The van der Waals surface area contributed by atoms with E-state index in [-0.39, 0.29) is 5.91 Å². The van der Waals surface area contributed by atoms with E-state index in [2.05, 4.69) is 26.0 Å². The molecule has 0 aliphatic carbocycles. The monoisotopic (exact) mass is 280 g/mol. The van der Waals surface area contributed by atoms with Crippen molar-refractivity contribution >= 4 is 11.9 Å². The number of aliphatic imine (C=N–C) groups is 1. The van der Waals surface area contributed by atoms with Crippen molar-refractivity contribution < 1.29 is 4.79 Å². The Hall–Kier alpha value is -2.05. The number of guanidine groups is 1. The number of rotatable bonds is 8. The van der Waals surface area contributed by atoms with Crippen LogP contribution < -0.4 is 16.0 Å². The molecule has 3 N–H and O–H groups in total. The van der Waals surface area contributed by atoms with Gasteiger partial charge in [0.1, 0.15) is 0 Å². The van der Waals surface area contributed by atoms with Crippen LogP contribution in [0.25, 0.3) is 0 Å². The summed E-state index contributed by atoms with van der Waals surface area (Å²) in [7, 11) is 0. The molecule has 0 spiro atoms. The van der Waals surface area contributed by atoms with Crippen molar-refractivity contribution in [2.75, 3.05) is 26.2 Å². The lowest BCUT2D eigenvalue weighted by molar-refractivity contribution is -0.118. The van der Waals surface area contributed by atoms with E-state index >= 15 is 0 Å². The van der Waals surface area contributed by atoms with Gasteiger partial charge in [0.25, 0.3) is 0 Å². The fourth-order valence-electron chi connectivity index (χ4n) is 1.62. The van der Waals surface area contributed by atoms with Gasteiger partial charge in [-0.05, 0) is 19.4 Å². The molecular weight excluding hydrogens is 256 g/mol. The quantitative estimate of drug-likeness (QED) is 0.354. The summed E-state index contributed by atoms with van der Waals surface area (Å²) in [6.45, 7) is 7.18. The molecule has 112 valence electrons. The number of carbonyl (C=O) groups excluding carboxylic acids is 1. The number of carbonyl (C=O) groups is 1. The topological polar surface area (TPSA) is 83.3 Å². The van der Waals surface area contributed by atoms with E-state index in [1.807, 2.05) is 23.9 Å². The van der Waals surface area contributed by atoms with Gasteiger partial charge in [-0.1, -0.05) is 0 Å². The molecule has 0 radical (unpaired) electrons. The van der Waals surface area contributed by atoms with Gasteiger partial charge in [0.15, 0.2) is 5.96 Å². The molecule has 0 bridgehead atoms. The lowest BCUT2D eigenvalue weighted by Gasteiger charge is -2.11. The van der Waals surface area contributed by atoms with Gasteiger partial charge in [-0.15, -0.1) is 0 Å². The normalized spacial score (nSPS) is 11.2. The first-order valence-electron chi connectivity index (χ1n) is 6.96. The van der Waals surface area contributed by atoms with Crippen molar-refractivity contribution in [1.29, 1.82) is 0 Å². The summed E-state index contributed by atoms with van der Waals surface area (Å²) in [4.78, 5) is 15.2. The highest BCUT2D eigenvalue weighted by Crippen LogP contribution is 1.90. The van der Waals surface area contributed by atoms with E-state index in [4.69, 9.17) is 0 Å². The standard InChI is InChI=1S/C13H24N6O/c1-3-14-13(17-9-8-15-12(2)20)16-6-4-10-19-11-5-7-18-19/h5,7,11H,3-4,6,8-10H2,1-2H3,(H,15,20)(H2,14,16,17). The van der Waals surface area contributed by atoms with Crippen LogP contribution in [0.1, 0.15) is 20.3 Å². The first-order chi connectivity index (χ1) is 9.72. The summed E-state index contributed by atoms with van der Waals surface area (Å²) in [6.07, 6.45) is 4.65. The Morgan fingerprint density at radius 3 is 2.75 bits per heavy atom. The Bertz CT molecular complexity index is 401. The largest absolute Gasteiger partial charge is 0.357 e. The molecule has 0 saturated carbocycles. The van der Waals surface area contributed by atoms with E-state index in [0.717, 1.165) is 32.0 Å². The van der Waals surface area contributed by atoms with E-state index in [1.54, 1.807) is 6.20 Å². The molecule has 0 aliphatic heterocycles. The highest BCUT2D eigenvalue weighted by molar-refractivity contribution is 5.79. The molecule has 7 nitrogen and oxygen atoms in total. The molecule has 0 aliphatic rings. The van der Waals surface area contributed by atoms with Crippen molar-refractivity contribution in [2.24, 2.45) is 4.99 Å². The summed E-state index contributed by atoms with van der Waals surface area (Å²) in [5, 5.41) is 13.2.